The molecular formula is C18H15ClN2O2. The van der Waals surface area contributed by atoms with Gasteiger partial charge >= 0.3 is 0 Å². The Hall–Kier alpha value is -2.46. The number of nitrogens with zero attached hydrogens (tertiary/aromatic N) is 1. The third kappa shape index (κ3) is 2.78. The van der Waals surface area contributed by atoms with Gasteiger partial charge in [-0.2, -0.15) is 0 Å². The number of aromatic hydroxyl groups is 1. The normalized spacial score (nSPS) is 16.3. The average molecular weight is 327 g/mol. The van der Waals surface area contributed by atoms with E-state index in [-0.39, 0.29) is 5.88 Å². The maximum atomic E-state index is 9.24. The van der Waals surface area contributed by atoms with Crippen LogP contribution in [0.2, 0.25) is 5.02 Å². The van der Waals surface area contributed by atoms with Gasteiger partial charge in [-0.3, -0.25) is 0 Å². The highest BCUT2D eigenvalue weighted by atomic mass is 35.5. The summed E-state index contributed by atoms with van der Waals surface area (Å²) >= 11 is 6.06. The van der Waals surface area contributed by atoms with E-state index in [0.717, 1.165) is 29.1 Å². The van der Waals surface area contributed by atoms with Crippen molar-refractivity contribution < 1.29 is 9.63 Å². The molecule has 2 N–H and O–H groups in total. The highest BCUT2D eigenvalue weighted by Crippen LogP contribution is 2.35. The Morgan fingerprint density at radius 2 is 1.96 bits per heavy atom. The van der Waals surface area contributed by atoms with Crippen LogP contribution in [0, 0.1) is 0 Å². The van der Waals surface area contributed by atoms with E-state index >= 15 is 0 Å². The molecule has 4 rings (SSSR count). The Kier molecular flexibility index (Phi) is 3.46. The Morgan fingerprint density at radius 3 is 2.70 bits per heavy atom. The summed E-state index contributed by atoms with van der Waals surface area (Å²) in [6.45, 7) is 0. The van der Waals surface area contributed by atoms with Gasteiger partial charge in [0.1, 0.15) is 0 Å². The smallest absolute Gasteiger partial charge is 0.252 e. The van der Waals surface area contributed by atoms with Gasteiger partial charge in [-0.1, -0.05) is 17.7 Å². The fourth-order valence-electron chi connectivity index (χ4n) is 3.07. The van der Waals surface area contributed by atoms with Crippen LogP contribution in [0.4, 0.5) is 5.69 Å². The minimum absolute atomic E-state index is 0.108. The molecule has 0 saturated carbocycles. The predicted octanol–water partition coefficient (Wildman–Crippen LogP) is 4.80. The van der Waals surface area contributed by atoms with Crippen LogP contribution >= 0.6 is 11.6 Å². The van der Waals surface area contributed by atoms with Crippen molar-refractivity contribution in [2.24, 2.45) is 0 Å². The van der Waals surface area contributed by atoms with Crippen molar-refractivity contribution in [3.05, 3.63) is 64.7 Å². The second-order valence-corrected chi connectivity index (χ2v) is 6.14. The molecule has 1 aliphatic carbocycles. The Bertz CT molecular complexity index is 842. The molecule has 5 heteroatoms. The van der Waals surface area contributed by atoms with Gasteiger partial charge in [-0.25, -0.2) is 0 Å². The molecule has 2 aromatic carbocycles. The van der Waals surface area contributed by atoms with E-state index in [9.17, 15) is 5.11 Å². The number of rotatable bonds is 3. The van der Waals surface area contributed by atoms with Gasteiger partial charge in [-0.05, 0) is 65.5 Å². The molecule has 0 bridgehead atoms. The van der Waals surface area contributed by atoms with Crippen LogP contribution in [0.3, 0.4) is 0 Å². The predicted molar refractivity (Wildman–Crippen MR) is 89.7 cm³/mol. The van der Waals surface area contributed by atoms with Crippen LogP contribution in [-0.4, -0.2) is 10.3 Å². The molecule has 0 radical (unpaired) electrons. The number of hydrogen-bond donors (Lipinski definition) is 2. The van der Waals surface area contributed by atoms with Crippen LogP contribution in [-0.2, 0) is 6.42 Å². The number of nitrogens with one attached hydrogen (secondary N) is 1. The first-order chi connectivity index (χ1) is 11.2. The van der Waals surface area contributed by atoms with Crippen LogP contribution in [0.1, 0.15) is 23.6 Å². The summed E-state index contributed by atoms with van der Waals surface area (Å²) < 4.78 is 5.05. The third-order valence-electron chi connectivity index (χ3n) is 4.19. The molecule has 1 unspecified atom stereocenters. The molecule has 3 aromatic rings. The maximum absolute atomic E-state index is 9.24. The molecule has 0 amide bonds. The number of aryl methyl sites for hydroxylation is 1. The fraction of sp³-hybridized carbons (Fsp3) is 0.167. The number of fused-ring (bicyclic) bond motifs is 1. The number of anilines is 1. The lowest BCUT2D eigenvalue weighted by Crippen LogP contribution is -2.06. The Balaban J connectivity index is 1.52. The molecule has 23 heavy (non-hydrogen) atoms. The molecule has 1 heterocycles. The van der Waals surface area contributed by atoms with E-state index in [1.54, 1.807) is 0 Å². The molecule has 116 valence electrons. The molecule has 0 fully saturated rings. The first-order valence-electron chi connectivity index (χ1n) is 7.50. The zero-order chi connectivity index (χ0) is 15.8. The van der Waals surface area contributed by atoms with Crippen molar-refractivity contribution in [1.29, 1.82) is 0 Å². The van der Waals surface area contributed by atoms with Crippen molar-refractivity contribution in [2.45, 2.75) is 18.9 Å². The second kappa shape index (κ2) is 5.63. The van der Waals surface area contributed by atoms with Crippen LogP contribution in [0.25, 0.3) is 11.3 Å². The van der Waals surface area contributed by atoms with E-state index < -0.39 is 0 Å². The van der Waals surface area contributed by atoms with Gasteiger partial charge in [0.05, 0.1) is 6.04 Å². The summed E-state index contributed by atoms with van der Waals surface area (Å²) in [5.41, 5.74) is 4.56. The third-order valence-corrected chi connectivity index (χ3v) is 4.43. The van der Waals surface area contributed by atoms with Crippen LogP contribution in [0.5, 0.6) is 5.88 Å². The van der Waals surface area contributed by atoms with E-state index in [4.69, 9.17) is 16.1 Å². The quantitative estimate of drug-likeness (QED) is 0.726. The molecule has 4 nitrogen and oxygen atoms in total. The zero-order valence-electron chi connectivity index (χ0n) is 12.3. The largest absolute Gasteiger partial charge is 0.491 e. The van der Waals surface area contributed by atoms with Crippen molar-refractivity contribution in [3.63, 3.8) is 0 Å². The van der Waals surface area contributed by atoms with Gasteiger partial charge in [0, 0.05) is 22.3 Å². The first kappa shape index (κ1) is 14.2. The van der Waals surface area contributed by atoms with Crippen molar-refractivity contribution in [2.75, 3.05) is 5.32 Å². The molecule has 1 aliphatic rings. The van der Waals surface area contributed by atoms with Crippen molar-refractivity contribution in [3.8, 4) is 17.2 Å². The van der Waals surface area contributed by atoms with Gasteiger partial charge in [0.25, 0.3) is 5.88 Å². The Morgan fingerprint density at radius 1 is 1.13 bits per heavy atom. The van der Waals surface area contributed by atoms with E-state index in [1.807, 2.05) is 30.3 Å². The lowest BCUT2D eigenvalue weighted by Gasteiger charge is -2.16. The lowest BCUT2D eigenvalue weighted by atomic mass is 10.1. The summed E-state index contributed by atoms with van der Waals surface area (Å²) in [5, 5.41) is 17.1. The Labute approximate surface area is 138 Å². The van der Waals surface area contributed by atoms with E-state index in [2.05, 4.69) is 22.6 Å². The average Bonchev–Trinajstić information content (AvgIpc) is 3.15. The number of hydrogen-bond acceptors (Lipinski definition) is 4. The first-order valence-corrected chi connectivity index (χ1v) is 7.88. The number of halogens is 1. The summed E-state index contributed by atoms with van der Waals surface area (Å²) in [4.78, 5) is 0. The van der Waals surface area contributed by atoms with E-state index in [1.165, 1.54) is 17.2 Å². The minimum Gasteiger partial charge on any atom is -0.491 e. The van der Waals surface area contributed by atoms with Crippen molar-refractivity contribution >= 4 is 17.3 Å². The van der Waals surface area contributed by atoms with Gasteiger partial charge < -0.3 is 14.9 Å². The molecule has 0 saturated heterocycles. The second-order valence-electron chi connectivity index (χ2n) is 5.71. The van der Waals surface area contributed by atoms with Crippen molar-refractivity contribution in [1.82, 2.24) is 5.16 Å². The standard InChI is InChI=1S/C18H15ClN2O2/c19-13-4-7-15-12(9-13)3-8-16(15)20-14-5-1-11(2-6-14)17-10-18(22)21-23-17/h1-2,4-7,9-10,16,20H,3,8H2,(H,21,22). The number of benzene rings is 2. The SMILES string of the molecule is Oc1cc(-c2ccc(NC3CCc4cc(Cl)ccc43)cc2)on1. The van der Waals surface area contributed by atoms with Gasteiger partial charge in [0.2, 0.25) is 0 Å². The van der Waals surface area contributed by atoms with Gasteiger partial charge in [-0.15, -0.1) is 0 Å². The maximum Gasteiger partial charge on any atom is 0.252 e. The lowest BCUT2D eigenvalue weighted by molar-refractivity contribution is 0.365. The highest BCUT2D eigenvalue weighted by molar-refractivity contribution is 6.30. The summed E-state index contributed by atoms with van der Waals surface area (Å²) in [5.74, 6) is 0.443. The van der Waals surface area contributed by atoms with E-state index in [0.29, 0.717) is 11.8 Å². The molecule has 1 atom stereocenters. The molecule has 1 aromatic heterocycles. The molecule has 0 spiro atoms. The summed E-state index contributed by atoms with van der Waals surface area (Å²) in [6.07, 6.45) is 2.11. The van der Waals surface area contributed by atoms with Gasteiger partial charge in [0.15, 0.2) is 5.76 Å². The topological polar surface area (TPSA) is 58.3 Å². The van der Waals surface area contributed by atoms with Crippen LogP contribution in [0.15, 0.2) is 53.1 Å². The number of aromatic nitrogens is 1. The summed E-state index contributed by atoms with van der Waals surface area (Å²) in [6, 6.07) is 15.8. The fourth-order valence-corrected chi connectivity index (χ4v) is 3.26. The molecule has 0 aliphatic heterocycles. The summed E-state index contributed by atoms with van der Waals surface area (Å²) in [7, 11) is 0. The monoisotopic (exact) mass is 326 g/mol. The van der Waals surface area contributed by atoms with Crippen LogP contribution < -0.4 is 5.32 Å². The molecular weight excluding hydrogens is 312 g/mol. The highest BCUT2D eigenvalue weighted by Gasteiger charge is 2.22. The zero-order valence-corrected chi connectivity index (χ0v) is 13.0. The minimum atomic E-state index is -0.108.